The van der Waals surface area contributed by atoms with E-state index in [1.165, 1.54) is 0 Å². The number of morpholine rings is 1. The first kappa shape index (κ1) is 21.4. The average molecular weight is 477 g/mol. The van der Waals surface area contributed by atoms with E-state index in [1.807, 2.05) is 7.05 Å². The summed E-state index contributed by atoms with van der Waals surface area (Å²) in [4.78, 5) is 13.7. The van der Waals surface area contributed by atoms with Crippen molar-refractivity contribution in [2.75, 3.05) is 46.4 Å². The van der Waals surface area contributed by atoms with Crippen LogP contribution in [0.25, 0.3) is 0 Å². The van der Waals surface area contributed by atoms with Gasteiger partial charge < -0.3 is 15.0 Å². The molecule has 2 aliphatic heterocycles. The fourth-order valence-corrected chi connectivity index (χ4v) is 3.86. The predicted octanol–water partition coefficient (Wildman–Crippen LogP) is 1.29. The van der Waals surface area contributed by atoms with Gasteiger partial charge in [0.05, 0.1) is 13.2 Å². The van der Waals surface area contributed by atoms with E-state index < -0.39 is 0 Å². The molecule has 1 aromatic rings. The molecule has 8 nitrogen and oxygen atoms in total. The second-order valence-corrected chi connectivity index (χ2v) is 7.07. The molecule has 2 N–H and O–H groups in total. The van der Waals surface area contributed by atoms with Crippen molar-refractivity contribution in [3.8, 4) is 0 Å². The third kappa shape index (κ3) is 5.29. The zero-order valence-corrected chi connectivity index (χ0v) is 18.3. The number of piperidine rings is 1. The van der Waals surface area contributed by atoms with Crippen LogP contribution in [-0.4, -0.2) is 89.5 Å². The molecule has 1 aromatic heterocycles. The van der Waals surface area contributed by atoms with E-state index in [-0.39, 0.29) is 24.0 Å². The predicted molar refractivity (Wildman–Crippen MR) is 113 cm³/mol. The number of nitrogens with zero attached hydrogens (tertiary/aromatic N) is 5. The summed E-state index contributed by atoms with van der Waals surface area (Å²) in [6.45, 7) is 10.1. The van der Waals surface area contributed by atoms with Gasteiger partial charge in [-0.25, -0.2) is 4.98 Å². The van der Waals surface area contributed by atoms with Crippen LogP contribution in [0.2, 0.25) is 0 Å². The molecular formula is C17H32IN7O. The van der Waals surface area contributed by atoms with Gasteiger partial charge in [-0.15, -0.1) is 24.0 Å². The van der Waals surface area contributed by atoms with Crippen LogP contribution in [0.1, 0.15) is 38.4 Å². The Hall–Kier alpha value is -0.940. The third-order valence-electron chi connectivity index (χ3n) is 5.37. The highest BCUT2D eigenvalue weighted by atomic mass is 127. The zero-order chi connectivity index (χ0) is 17.6. The molecule has 0 amide bonds. The molecule has 26 heavy (non-hydrogen) atoms. The van der Waals surface area contributed by atoms with Gasteiger partial charge in [-0.1, -0.05) is 0 Å². The molecule has 3 rings (SSSR count). The van der Waals surface area contributed by atoms with Crippen molar-refractivity contribution in [3.05, 3.63) is 12.2 Å². The molecule has 0 aromatic carbocycles. The number of hydrogen-bond acceptors (Lipinski definition) is 5. The lowest BCUT2D eigenvalue weighted by Gasteiger charge is -2.39. The number of aromatic amines is 1. The van der Waals surface area contributed by atoms with E-state index in [9.17, 15) is 0 Å². The third-order valence-corrected chi connectivity index (χ3v) is 5.37. The molecule has 2 aliphatic rings. The van der Waals surface area contributed by atoms with Gasteiger partial charge >= 0.3 is 0 Å². The summed E-state index contributed by atoms with van der Waals surface area (Å²) in [5.41, 5.74) is 0. The number of ether oxygens (including phenoxy) is 1. The van der Waals surface area contributed by atoms with Gasteiger partial charge in [0.1, 0.15) is 12.2 Å². The Bertz CT molecular complexity index is 545. The van der Waals surface area contributed by atoms with Crippen molar-refractivity contribution in [2.45, 2.75) is 44.7 Å². The highest BCUT2D eigenvalue weighted by molar-refractivity contribution is 14.0. The fraction of sp³-hybridized carbons (Fsp3) is 0.824. The van der Waals surface area contributed by atoms with E-state index in [4.69, 9.17) is 4.74 Å². The normalized spacial score (nSPS) is 24.2. The standard InChI is InChI=1S/C17H31N7O.HI/c1-13(24-8-9-25-11-14(24)2)10-19-17(18-3)23-6-4-15(5-7-23)16-20-12-21-22-16;/h12-15H,4-11H2,1-3H3,(H,18,19)(H,20,21,22);1H. The largest absolute Gasteiger partial charge is 0.379 e. The molecule has 2 saturated heterocycles. The number of halogens is 1. The van der Waals surface area contributed by atoms with Crippen LogP contribution in [0, 0.1) is 0 Å². The van der Waals surface area contributed by atoms with E-state index in [1.54, 1.807) is 6.33 Å². The average Bonchev–Trinajstić information content (AvgIpc) is 3.17. The van der Waals surface area contributed by atoms with E-state index >= 15 is 0 Å². The molecule has 0 bridgehead atoms. The van der Waals surface area contributed by atoms with Crippen molar-refractivity contribution in [1.82, 2.24) is 30.3 Å². The van der Waals surface area contributed by atoms with Crippen molar-refractivity contribution < 1.29 is 4.74 Å². The van der Waals surface area contributed by atoms with E-state index in [0.29, 0.717) is 18.0 Å². The van der Waals surface area contributed by atoms with Crippen LogP contribution >= 0.6 is 24.0 Å². The molecule has 2 unspecified atom stereocenters. The molecular weight excluding hydrogens is 445 g/mol. The Morgan fingerprint density at radius 1 is 1.42 bits per heavy atom. The molecule has 2 fully saturated rings. The summed E-state index contributed by atoms with van der Waals surface area (Å²) < 4.78 is 5.54. The Balaban J connectivity index is 0.00000243. The van der Waals surface area contributed by atoms with Gasteiger partial charge in [-0.3, -0.25) is 15.0 Å². The van der Waals surface area contributed by atoms with Gasteiger partial charge in [0.15, 0.2) is 5.96 Å². The second-order valence-electron chi connectivity index (χ2n) is 7.07. The van der Waals surface area contributed by atoms with Crippen LogP contribution in [0.4, 0.5) is 0 Å². The highest BCUT2D eigenvalue weighted by Gasteiger charge is 2.26. The number of aromatic nitrogens is 3. The summed E-state index contributed by atoms with van der Waals surface area (Å²) in [6.07, 6.45) is 3.74. The van der Waals surface area contributed by atoms with Crippen molar-refractivity contribution in [2.24, 2.45) is 4.99 Å². The monoisotopic (exact) mass is 477 g/mol. The molecule has 0 spiro atoms. The lowest BCUT2D eigenvalue weighted by Crippen LogP contribution is -2.54. The van der Waals surface area contributed by atoms with Gasteiger partial charge in [0, 0.05) is 51.2 Å². The Labute approximate surface area is 173 Å². The van der Waals surface area contributed by atoms with Crippen LogP contribution in [-0.2, 0) is 4.74 Å². The number of aliphatic imine (C=N–C) groups is 1. The number of H-pyrrole nitrogens is 1. The van der Waals surface area contributed by atoms with Crippen LogP contribution < -0.4 is 5.32 Å². The van der Waals surface area contributed by atoms with Crippen LogP contribution in [0.5, 0.6) is 0 Å². The molecule has 2 atom stereocenters. The van der Waals surface area contributed by atoms with E-state index in [2.05, 4.69) is 49.1 Å². The maximum atomic E-state index is 5.54. The first-order valence-corrected chi connectivity index (χ1v) is 9.33. The van der Waals surface area contributed by atoms with E-state index in [0.717, 1.165) is 64.0 Å². The molecule has 0 radical (unpaired) electrons. The highest BCUT2D eigenvalue weighted by Crippen LogP contribution is 2.24. The van der Waals surface area contributed by atoms with Crippen LogP contribution in [0.3, 0.4) is 0 Å². The SMILES string of the molecule is CN=C(NCC(C)N1CCOCC1C)N1CCC(c2ncn[nH]2)CC1.I. The summed E-state index contributed by atoms with van der Waals surface area (Å²) in [5, 5.41) is 10.5. The van der Waals surface area contributed by atoms with Crippen molar-refractivity contribution >= 4 is 29.9 Å². The Kier molecular flexibility index (Phi) is 8.55. The number of rotatable bonds is 4. The second kappa shape index (κ2) is 10.4. The number of hydrogen-bond donors (Lipinski definition) is 2. The number of likely N-dealkylation sites (tertiary alicyclic amines) is 1. The minimum absolute atomic E-state index is 0. The Morgan fingerprint density at radius 2 is 2.19 bits per heavy atom. The molecule has 3 heterocycles. The summed E-state index contributed by atoms with van der Waals surface area (Å²) in [7, 11) is 1.87. The topological polar surface area (TPSA) is 81.7 Å². The van der Waals surface area contributed by atoms with Gasteiger partial charge in [0.2, 0.25) is 0 Å². The number of nitrogens with one attached hydrogen (secondary N) is 2. The van der Waals surface area contributed by atoms with Gasteiger partial charge in [0.25, 0.3) is 0 Å². The summed E-state index contributed by atoms with van der Waals surface area (Å²) in [5.74, 6) is 2.49. The maximum Gasteiger partial charge on any atom is 0.193 e. The maximum absolute atomic E-state index is 5.54. The lowest BCUT2D eigenvalue weighted by molar-refractivity contribution is -0.0175. The molecule has 9 heteroatoms. The molecule has 148 valence electrons. The number of guanidine groups is 1. The van der Waals surface area contributed by atoms with Crippen molar-refractivity contribution in [3.63, 3.8) is 0 Å². The lowest BCUT2D eigenvalue weighted by atomic mass is 9.96. The van der Waals surface area contributed by atoms with Crippen molar-refractivity contribution in [1.29, 1.82) is 0 Å². The first-order chi connectivity index (χ1) is 12.2. The summed E-state index contributed by atoms with van der Waals surface area (Å²) in [6, 6.07) is 0.938. The minimum Gasteiger partial charge on any atom is -0.379 e. The molecule has 0 aliphatic carbocycles. The summed E-state index contributed by atoms with van der Waals surface area (Å²) >= 11 is 0. The van der Waals surface area contributed by atoms with Gasteiger partial charge in [-0.2, -0.15) is 5.10 Å². The quantitative estimate of drug-likeness (QED) is 0.387. The zero-order valence-electron chi connectivity index (χ0n) is 16.0. The van der Waals surface area contributed by atoms with Gasteiger partial charge in [-0.05, 0) is 26.7 Å². The smallest absolute Gasteiger partial charge is 0.193 e. The minimum atomic E-state index is 0. The fourth-order valence-electron chi connectivity index (χ4n) is 3.86. The Morgan fingerprint density at radius 3 is 2.81 bits per heavy atom. The molecule has 0 saturated carbocycles. The first-order valence-electron chi connectivity index (χ1n) is 9.33. The van der Waals surface area contributed by atoms with Crippen LogP contribution in [0.15, 0.2) is 11.3 Å².